The first-order valence-electron chi connectivity index (χ1n) is 28.1. The Labute approximate surface area is 465 Å². The Morgan fingerprint density at radius 1 is 0.633 bits per heavy atom. The number of rotatable bonds is 18. The van der Waals surface area contributed by atoms with E-state index in [0.29, 0.717) is 50.3 Å². The summed E-state index contributed by atoms with van der Waals surface area (Å²) in [6, 6.07) is 28.3. The number of nitrogens with one attached hydrogen (secondary N) is 1. The molecule has 0 saturated heterocycles. The lowest BCUT2D eigenvalue weighted by molar-refractivity contribution is -0.155. The Morgan fingerprint density at radius 3 is 1.57 bits per heavy atom. The van der Waals surface area contributed by atoms with E-state index in [4.69, 9.17) is 24.1 Å². The largest absolute Gasteiger partial charge is 0.489 e. The Morgan fingerprint density at radius 2 is 1.11 bits per heavy atom. The predicted molar refractivity (Wildman–Crippen MR) is 301 cm³/mol. The zero-order chi connectivity index (χ0) is 56.7. The summed E-state index contributed by atoms with van der Waals surface area (Å²) >= 11 is 0. The summed E-state index contributed by atoms with van der Waals surface area (Å²) in [6.45, 7) is 12.5. The van der Waals surface area contributed by atoms with Crippen LogP contribution in [0.4, 0.5) is 16.2 Å². The van der Waals surface area contributed by atoms with E-state index in [-0.39, 0.29) is 50.8 Å². The van der Waals surface area contributed by atoms with Crippen molar-refractivity contribution in [3.8, 4) is 23.6 Å². The monoisotopic (exact) mass is 1080 g/mol. The van der Waals surface area contributed by atoms with Gasteiger partial charge in [-0.1, -0.05) is 62.8 Å². The Bertz CT molecular complexity index is 2900. The molecule has 2 aliphatic carbocycles. The first-order valence-corrected chi connectivity index (χ1v) is 28.1. The molecule has 4 aliphatic rings. The SMILES string of the molecule is CC(C)(C)OC(=O)CCN(CC(=O)N1CCc2cc(OCc3ccc(C4CCCCC4)c(C#N)c3)ccc21)C(=O)OC(C)(C)C.N#Cc1cc(COc2ccc3c(c2)CCN3C(=O)CNCCC(=O)O)ccc1C1CCCCC1. The molecule has 2 N–H and O–H groups in total. The molecule has 2 heterocycles. The molecule has 0 spiro atoms. The fourth-order valence-electron chi connectivity index (χ4n) is 10.8. The third kappa shape index (κ3) is 17.3. The van der Waals surface area contributed by atoms with Gasteiger partial charge >= 0.3 is 18.0 Å². The smallest absolute Gasteiger partial charge is 0.410 e. The quantitative estimate of drug-likeness (QED) is 0.0702. The second-order valence-corrected chi connectivity index (χ2v) is 23.0. The van der Waals surface area contributed by atoms with E-state index < -0.39 is 29.2 Å². The van der Waals surface area contributed by atoms with Gasteiger partial charge in [-0.3, -0.25) is 24.1 Å². The van der Waals surface area contributed by atoms with Crippen molar-refractivity contribution in [3.05, 3.63) is 117 Å². The number of fused-ring (bicyclic) bond motifs is 2. The molecule has 16 nitrogen and oxygen atoms in total. The van der Waals surface area contributed by atoms with Crippen LogP contribution in [0, 0.1) is 22.7 Å². The molecule has 420 valence electrons. The fraction of sp³-hybridized carbons (Fsp3) is 0.508. The predicted octanol–water partition coefficient (Wildman–Crippen LogP) is 11.2. The fourth-order valence-corrected chi connectivity index (χ4v) is 10.8. The van der Waals surface area contributed by atoms with E-state index in [1.54, 1.807) is 51.3 Å². The normalized spacial score (nSPS) is 15.3. The maximum Gasteiger partial charge on any atom is 0.410 e. The van der Waals surface area contributed by atoms with Gasteiger partial charge < -0.3 is 39.2 Å². The summed E-state index contributed by atoms with van der Waals surface area (Å²) in [6.07, 6.45) is 12.8. The van der Waals surface area contributed by atoms with Gasteiger partial charge in [0.2, 0.25) is 11.8 Å². The summed E-state index contributed by atoms with van der Waals surface area (Å²) in [5.74, 6) is 0.710. The molecule has 2 saturated carbocycles. The molecule has 0 unspecified atom stereocenters. The van der Waals surface area contributed by atoms with Crippen molar-refractivity contribution < 1.29 is 48.0 Å². The average Bonchev–Trinajstić information content (AvgIpc) is 4.10. The van der Waals surface area contributed by atoms with Crippen LogP contribution in [0.3, 0.4) is 0 Å². The molecule has 0 bridgehead atoms. The molecular weight excluding hydrogens is 1000 g/mol. The number of carbonyl (C=O) groups is 5. The molecular formula is C63H78N6O10. The van der Waals surface area contributed by atoms with Crippen LogP contribution >= 0.6 is 0 Å². The second-order valence-electron chi connectivity index (χ2n) is 23.0. The van der Waals surface area contributed by atoms with Gasteiger partial charge in [0.1, 0.15) is 42.5 Å². The van der Waals surface area contributed by atoms with Gasteiger partial charge in [0.05, 0.1) is 42.7 Å². The highest BCUT2D eigenvalue weighted by molar-refractivity contribution is 5.98. The topological polar surface area (TPSA) is 212 Å². The van der Waals surface area contributed by atoms with Gasteiger partial charge in [-0.15, -0.1) is 0 Å². The molecule has 8 rings (SSSR count). The number of carbonyl (C=O) groups excluding carboxylic acids is 4. The average molecular weight is 1080 g/mol. The lowest BCUT2D eigenvalue weighted by Gasteiger charge is -2.29. The number of amides is 3. The molecule has 79 heavy (non-hydrogen) atoms. The van der Waals surface area contributed by atoms with Crippen molar-refractivity contribution in [1.82, 2.24) is 10.2 Å². The Balaban J connectivity index is 0.000000237. The van der Waals surface area contributed by atoms with Crippen molar-refractivity contribution in [1.29, 1.82) is 10.5 Å². The number of carboxylic acids is 1. The number of nitriles is 2. The number of ether oxygens (including phenoxy) is 4. The minimum atomic E-state index is -0.886. The van der Waals surface area contributed by atoms with E-state index >= 15 is 0 Å². The molecule has 0 aromatic heterocycles. The van der Waals surface area contributed by atoms with E-state index in [1.807, 2.05) is 48.5 Å². The van der Waals surface area contributed by atoms with Crippen molar-refractivity contribution in [3.63, 3.8) is 0 Å². The second kappa shape index (κ2) is 27.4. The van der Waals surface area contributed by atoms with Crippen LogP contribution in [-0.2, 0) is 54.7 Å². The van der Waals surface area contributed by atoms with Crippen molar-refractivity contribution in [2.75, 3.05) is 49.1 Å². The van der Waals surface area contributed by atoms with E-state index in [2.05, 4.69) is 41.7 Å². The summed E-state index contributed by atoms with van der Waals surface area (Å²) in [5, 5.41) is 31.0. The van der Waals surface area contributed by atoms with Gasteiger partial charge in [-0.2, -0.15) is 10.5 Å². The van der Waals surface area contributed by atoms with Crippen LogP contribution in [0.1, 0.15) is 175 Å². The highest BCUT2D eigenvalue weighted by Crippen LogP contribution is 2.38. The van der Waals surface area contributed by atoms with Gasteiger partial charge in [0.15, 0.2) is 0 Å². The van der Waals surface area contributed by atoms with Crippen LogP contribution < -0.4 is 24.6 Å². The molecule has 4 aromatic carbocycles. The van der Waals surface area contributed by atoms with Gasteiger partial charge in [0.25, 0.3) is 0 Å². The number of anilines is 2. The number of benzene rings is 4. The molecule has 3 amide bonds. The summed E-state index contributed by atoms with van der Waals surface area (Å²) < 4.78 is 23.0. The van der Waals surface area contributed by atoms with Crippen molar-refractivity contribution in [2.45, 2.75) is 168 Å². The van der Waals surface area contributed by atoms with Crippen LogP contribution in [0.5, 0.6) is 11.5 Å². The van der Waals surface area contributed by atoms with Crippen LogP contribution in [0.2, 0.25) is 0 Å². The molecule has 2 aliphatic heterocycles. The molecule has 4 aromatic rings. The lowest BCUT2D eigenvalue weighted by atomic mass is 9.82. The summed E-state index contributed by atoms with van der Waals surface area (Å²) in [5.41, 5.74) is 8.00. The zero-order valence-electron chi connectivity index (χ0n) is 47.0. The Hall–Kier alpha value is -7.43. The summed E-state index contributed by atoms with van der Waals surface area (Å²) in [7, 11) is 0. The van der Waals surface area contributed by atoms with Crippen LogP contribution in [0.15, 0.2) is 72.8 Å². The zero-order valence-corrected chi connectivity index (χ0v) is 47.0. The van der Waals surface area contributed by atoms with Crippen LogP contribution in [0.25, 0.3) is 0 Å². The maximum absolute atomic E-state index is 13.5. The highest BCUT2D eigenvalue weighted by Gasteiger charge is 2.31. The molecule has 2 fully saturated rings. The highest BCUT2D eigenvalue weighted by atomic mass is 16.6. The number of aliphatic carboxylic acids is 1. The number of hydrogen-bond donors (Lipinski definition) is 2. The minimum absolute atomic E-state index is 0.00179. The standard InChI is InChI=1S/C36H47N3O6.C27H31N3O4/c1-35(2,3)44-33(41)17-18-38(34(42)45-36(4,5)6)23-32(40)39-19-16-27-21-29(13-15-31(27)39)43-24-25-12-14-30(28(20-25)22-37)26-10-8-7-9-11-26;28-16-22-14-19(6-8-24(22)20-4-2-1-3-5-20)18-34-23-7-9-25-21(15-23)11-13-30(25)26(31)17-29-12-10-27(32)33/h12-15,20-21,26H,7-11,16-19,23-24H2,1-6H3;6-9,14-15,20,29H,1-5,10-13,17-18H2,(H,32,33). The third-order valence-electron chi connectivity index (χ3n) is 14.6. The third-order valence-corrected chi connectivity index (χ3v) is 14.6. The van der Waals surface area contributed by atoms with E-state index in [9.17, 15) is 34.5 Å². The van der Waals surface area contributed by atoms with Gasteiger partial charge in [0, 0.05) is 37.6 Å². The van der Waals surface area contributed by atoms with Crippen molar-refractivity contribution >= 4 is 41.2 Å². The number of nitrogens with zero attached hydrogens (tertiary/aromatic N) is 5. The number of carboxylic acid groups (broad SMARTS) is 1. The summed E-state index contributed by atoms with van der Waals surface area (Å²) in [4.78, 5) is 66.5. The lowest BCUT2D eigenvalue weighted by Crippen LogP contribution is -2.45. The van der Waals surface area contributed by atoms with E-state index in [0.717, 1.165) is 88.2 Å². The first-order chi connectivity index (χ1) is 37.8. The molecule has 0 radical (unpaired) electrons. The van der Waals surface area contributed by atoms with Gasteiger partial charge in [-0.25, -0.2) is 4.79 Å². The number of esters is 1. The van der Waals surface area contributed by atoms with Gasteiger partial charge in [-0.05, 0) is 174 Å². The van der Waals surface area contributed by atoms with Crippen LogP contribution in [-0.4, -0.2) is 90.3 Å². The maximum atomic E-state index is 13.5. The minimum Gasteiger partial charge on any atom is -0.489 e. The van der Waals surface area contributed by atoms with Crippen molar-refractivity contribution in [2.24, 2.45) is 0 Å². The first kappa shape index (κ1) is 59.2. The number of hydrogen-bond acceptors (Lipinski definition) is 12. The molecule has 0 atom stereocenters. The van der Waals surface area contributed by atoms with E-state index in [1.165, 1.54) is 49.0 Å². The molecule has 16 heteroatoms. The Kier molecular flexibility index (Phi) is 20.6.